The summed E-state index contributed by atoms with van der Waals surface area (Å²) in [6.07, 6.45) is 3.53. The van der Waals surface area contributed by atoms with Crippen LogP contribution in [0.1, 0.15) is 12.5 Å². The minimum absolute atomic E-state index is 0.744. The number of nitrogens with zero attached hydrogens (tertiary/aromatic N) is 3. The summed E-state index contributed by atoms with van der Waals surface area (Å²) in [5, 5.41) is 0. The van der Waals surface area contributed by atoms with Crippen LogP contribution in [0, 0.1) is 6.92 Å². The maximum atomic E-state index is 4.26. The molecular weight excluding hydrogens is 198 g/mol. The van der Waals surface area contributed by atoms with Gasteiger partial charge in [0.25, 0.3) is 0 Å². The van der Waals surface area contributed by atoms with Crippen molar-refractivity contribution in [3.63, 3.8) is 0 Å². The van der Waals surface area contributed by atoms with Gasteiger partial charge in [-0.1, -0.05) is 17.7 Å². The van der Waals surface area contributed by atoms with Gasteiger partial charge in [0.15, 0.2) is 0 Å². The van der Waals surface area contributed by atoms with E-state index in [1.807, 2.05) is 6.07 Å². The minimum Gasteiger partial charge on any atom is -0.311 e. The fourth-order valence-corrected chi connectivity index (χ4v) is 1.59. The first-order valence-corrected chi connectivity index (χ1v) is 5.42. The van der Waals surface area contributed by atoms with E-state index >= 15 is 0 Å². The first kappa shape index (κ1) is 10.6. The van der Waals surface area contributed by atoms with Gasteiger partial charge in [0.2, 0.25) is 5.95 Å². The van der Waals surface area contributed by atoms with Gasteiger partial charge in [-0.25, -0.2) is 9.97 Å². The molecule has 0 spiro atoms. The molecule has 0 aliphatic heterocycles. The van der Waals surface area contributed by atoms with Crippen molar-refractivity contribution in [2.24, 2.45) is 0 Å². The van der Waals surface area contributed by atoms with Gasteiger partial charge in [-0.15, -0.1) is 0 Å². The van der Waals surface area contributed by atoms with Crippen LogP contribution < -0.4 is 4.90 Å². The van der Waals surface area contributed by atoms with Crippen LogP contribution in [-0.4, -0.2) is 16.5 Å². The molecule has 1 aromatic heterocycles. The summed E-state index contributed by atoms with van der Waals surface area (Å²) in [6, 6.07) is 10.2. The predicted molar refractivity (Wildman–Crippen MR) is 65.9 cm³/mol. The van der Waals surface area contributed by atoms with Gasteiger partial charge in [-0.05, 0) is 32.0 Å². The van der Waals surface area contributed by atoms with Gasteiger partial charge in [-0.2, -0.15) is 0 Å². The van der Waals surface area contributed by atoms with Crippen LogP contribution in [0.5, 0.6) is 0 Å². The molecule has 2 aromatic rings. The molecule has 82 valence electrons. The summed E-state index contributed by atoms with van der Waals surface area (Å²) < 4.78 is 0. The third-order valence-corrected chi connectivity index (χ3v) is 2.46. The Morgan fingerprint density at radius 3 is 2.25 bits per heavy atom. The largest absolute Gasteiger partial charge is 0.311 e. The Bertz CT molecular complexity index is 436. The standard InChI is InChI=1S/C13H15N3/c1-3-16(13-14-9-4-10-15-13)12-7-5-11(2)6-8-12/h4-10H,3H2,1-2H3. The fourth-order valence-electron chi connectivity index (χ4n) is 1.59. The van der Waals surface area contributed by atoms with Crippen molar-refractivity contribution < 1.29 is 0 Å². The van der Waals surface area contributed by atoms with E-state index in [9.17, 15) is 0 Å². The van der Waals surface area contributed by atoms with Crippen molar-refractivity contribution in [3.8, 4) is 0 Å². The predicted octanol–water partition coefficient (Wildman–Crippen LogP) is 2.94. The molecule has 1 heterocycles. The normalized spacial score (nSPS) is 10.1. The van der Waals surface area contributed by atoms with Crippen LogP contribution >= 0.6 is 0 Å². The molecular formula is C13H15N3. The van der Waals surface area contributed by atoms with E-state index in [1.165, 1.54) is 5.56 Å². The van der Waals surface area contributed by atoms with E-state index in [2.05, 4.69) is 53.0 Å². The Kier molecular flexibility index (Phi) is 3.15. The summed E-state index contributed by atoms with van der Waals surface area (Å²) in [5.41, 5.74) is 2.38. The molecule has 2 rings (SSSR count). The molecule has 0 saturated heterocycles. The molecule has 3 nitrogen and oxygen atoms in total. The molecule has 0 aliphatic carbocycles. The topological polar surface area (TPSA) is 29.0 Å². The summed E-state index contributed by atoms with van der Waals surface area (Å²) in [7, 11) is 0. The number of anilines is 2. The quantitative estimate of drug-likeness (QED) is 0.785. The van der Waals surface area contributed by atoms with E-state index in [4.69, 9.17) is 0 Å². The molecule has 0 bridgehead atoms. The number of hydrogen-bond acceptors (Lipinski definition) is 3. The van der Waals surface area contributed by atoms with Gasteiger partial charge in [0.1, 0.15) is 0 Å². The summed E-state index contributed by atoms with van der Waals surface area (Å²) in [6.45, 7) is 5.03. The van der Waals surface area contributed by atoms with E-state index in [-0.39, 0.29) is 0 Å². The maximum Gasteiger partial charge on any atom is 0.229 e. The molecule has 0 saturated carbocycles. The average Bonchev–Trinajstić information content (AvgIpc) is 2.34. The Hall–Kier alpha value is -1.90. The summed E-state index contributed by atoms with van der Waals surface area (Å²) in [5.74, 6) is 0.744. The van der Waals surface area contributed by atoms with Crippen LogP contribution in [0.2, 0.25) is 0 Å². The second-order valence-electron chi connectivity index (χ2n) is 3.63. The SMILES string of the molecule is CCN(c1ccc(C)cc1)c1ncccn1. The monoisotopic (exact) mass is 213 g/mol. The van der Waals surface area contributed by atoms with Crippen LogP contribution in [0.15, 0.2) is 42.7 Å². The van der Waals surface area contributed by atoms with Crippen molar-refractivity contribution in [1.82, 2.24) is 9.97 Å². The lowest BCUT2D eigenvalue weighted by Gasteiger charge is -2.20. The van der Waals surface area contributed by atoms with Gasteiger partial charge in [0, 0.05) is 24.6 Å². The highest BCUT2D eigenvalue weighted by Crippen LogP contribution is 2.21. The lowest BCUT2D eigenvalue weighted by Crippen LogP contribution is -2.18. The van der Waals surface area contributed by atoms with Gasteiger partial charge >= 0.3 is 0 Å². The molecule has 3 heteroatoms. The van der Waals surface area contributed by atoms with E-state index in [1.54, 1.807) is 12.4 Å². The van der Waals surface area contributed by atoms with Crippen LogP contribution in [0.3, 0.4) is 0 Å². The van der Waals surface area contributed by atoms with E-state index in [0.29, 0.717) is 0 Å². The summed E-state index contributed by atoms with van der Waals surface area (Å²) >= 11 is 0. The molecule has 0 unspecified atom stereocenters. The lowest BCUT2D eigenvalue weighted by molar-refractivity contribution is 0.946. The van der Waals surface area contributed by atoms with Crippen molar-refractivity contribution in [1.29, 1.82) is 0 Å². The molecule has 16 heavy (non-hydrogen) atoms. The highest BCUT2D eigenvalue weighted by molar-refractivity contribution is 5.57. The number of rotatable bonds is 3. The molecule has 0 N–H and O–H groups in total. The molecule has 0 aliphatic rings. The van der Waals surface area contributed by atoms with Crippen LogP contribution in [-0.2, 0) is 0 Å². The Morgan fingerprint density at radius 1 is 1.06 bits per heavy atom. The zero-order valence-electron chi connectivity index (χ0n) is 9.59. The Balaban J connectivity index is 2.33. The van der Waals surface area contributed by atoms with E-state index < -0.39 is 0 Å². The van der Waals surface area contributed by atoms with E-state index in [0.717, 1.165) is 18.2 Å². The minimum atomic E-state index is 0.744. The third kappa shape index (κ3) is 2.19. The smallest absolute Gasteiger partial charge is 0.229 e. The molecule has 1 aromatic carbocycles. The maximum absolute atomic E-state index is 4.26. The molecule has 0 radical (unpaired) electrons. The molecule has 0 amide bonds. The summed E-state index contributed by atoms with van der Waals surface area (Å²) in [4.78, 5) is 10.6. The second kappa shape index (κ2) is 4.75. The second-order valence-corrected chi connectivity index (χ2v) is 3.63. The Morgan fingerprint density at radius 2 is 1.69 bits per heavy atom. The van der Waals surface area contributed by atoms with Gasteiger partial charge in [0.05, 0.1) is 0 Å². The number of hydrogen-bond donors (Lipinski definition) is 0. The fraction of sp³-hybridized carbons (Fsp3) is 0.231. The van der Waals surface area contributed by atoms with Crippen molar-refractivity contribution >= 4 is 11.6 Å². The highest BCUT2D eigenvalue weighted by atomic mass is 15.2. The number of benzene rings is 1. The first-order chi connectivity index (χ1) is 7.81. The van der Waals surface area contributed by atoms with Crippen molar-refractivity contribution in [3.05, 3.63) is 48.3 Å². The molecule has 0 fully saturated rings. The highest BCUT2D eigenvalue weighted by Gasteiger charge is 2.08. The van der Waals surface area contributed by atoms with Gasteiger partial charge in [-0.3, -0.25) is 0 Å². The first-order valence-electron chi connectivity index (χ1n) is 5.42. The zero-order chi connectivity index (χ0) is 11.4. The zero-order valence-corrected chi connectivity index (χ0v) is 9.59. The number of aromatic nitrogens is 2. The van der Waals surface area contributed by atoms with Gasteiger partial charge < -0.3 is 4.90 Å². The third-order valence-electron chi connectivity index (χ3n) is 2.46. The average molecular weight is 213 g/mol. The molecule has 0 atom stereocenters. The van der Waals surface area contributed by atoms with Crippen molar-refractivity contribution in [2.45, 2.75) is 13.8 Å². The Labute approximate surface area is 95.8 Å². The number of aryl methyl sites for hydroxylation is 1. The van der Waals surface area contributed by atoms with Crippen molar-refractivity contribution in [2.75, 3.05) is 11.4 Å². The van der Waals surface area contributed by atoms with Crippen LogP contribution in [0.4, 0.5) is 11.6 Å². The van der Waals surface area contributed by atoms with Crippen LogP contribution in [0.25, 0.3) is 0 Å². The lowest BCUT2D eigenvalue weighted by atomic mass is 10.2.